The van der Waals surface area contributed by atoms with E-state index in [1.54, 1.807) is 42.5 Å². The van der Waals surface area contributed by atoms with Crippen molar-refractivity contribution in [3.8, 4) is 5.75 Å². The number of benzene rings is 2. The molecule has 11 nitrogen and oxygen atoms in total. The summed E-state index contributed by atoms with van der Waals surface area (Å²) < 4.78 is 0. The second-order valence-corrected chi connectivity index (χ2v) is 7.91. The first kappa shape index (κ1) is 33.1. The SMILES string of the molecule is N=C([O-])[C@H](Cc1ccccc1)NC(=O)[C@H](C[S-])NC(=O)CNC(=O)[C@@H](N)Cc1ccc([O-])cc1.[O-2].[Re]. The molecule has 6 N–H and O–H groups in total. The van der Waals surface area contributed by atoms with Gasteiger partial charge in [-0.25, -0.2) is 0 Å². The van der Waals surface area contributed by atoms with Gasteiger partial charge >= 0.3 is 0 Å². The maximum atomic E-state index is 12.5. The molecule has 0 aromatic heterocycles. The molecule has 36 heavy (non-hydrogen) atoms. The zero-order chi connectivity index (χ0) is 25.1. The van der Waals surface area contributed by atoms with E-state index >= 15 is 0 Å². The molecule has 3 atom stereocenters. The predicted molar refractivity (Wildman–Crippen MR) is 125 cm³/mol. The number of nitrogens with one attached hydrogen (secondary N) is 4. The maximum absolute atomic E-state index is 12.5. The van der Waals surface area contributed by atoms with E-state index in [0.717, 1.165) is 5.56 Å². The molecule has 1 radical (unpaired) electrons. The summed E-state index contributed by atoms with van der Waals surface area (Å²) in [7, 11) is 0. The van der Waals surface area contributed by atoms with E-state index in [0.29, 0.717) is 5.56 Å². The molecule has 2 rings (SSSR count). The first-order chi connectivity index (χ1) is 16.2. The van der Waals surface area contributed by atoms with Gasteiger partial charge in [-0.3, -0.25) is 14.4 Å². The fraction of sp³-hybridized carbons (Fsp3) is 0.304. The van der Waals surface area contributed by atoms with E-state index in [1.807, 2.05) is 0 Å². The van der Waals surface area contributed by atoms with Crippen LogP contribution in [0.15, 0.2) is 54.6 Å². The molecule has 0 aliphatic rings. The van der Waals surface area contributed by atoms with E-state index in [9.17, 15) is 24.6 Å². The molecule has 0 spiro atoms. The van der Waals surface area contributed by atoms with Gasteiger partial charge in [0.25, 0.3) is 0 Å². The molecule has 0 unspecified atom stereocenters. The van der Waals surface area contributed by atoms with Crippen LogP contribution in [0.5, 0.6) is 5.75 Å². The number of nitrogens with two attached hydrogens (primary N) is 1. The molecule has 0 heterocycles. The van der Waals surface area contributed by atoms with Crippen molar-refractivity contribution in [3.05, 3.63) is 65.7 Å². The van der Waals surface area contributed by atoms with E-state index in [1.165, 1.54) is 12.1 Å². The summed E-state index contributed by atoms with van der Waals surface area (Å²) in [6, 6.07) is 11.6. The summed E-state index contributed by atoms with van der Waals surface area (Å²) in [6.45, 7) is -0.435. The van der Waals surface area contributed by atoms with Crippen molar-refractivity contribution in [2.75, 3.05) is 12.3 Å². The average molecular weight is 687 g/mol. The molecular weight excluding hydrogens is 661 g/mol. The average Bonchev–Trinajstić information content (AvgIpc) is 2.82. The number of carbonyl (C=O) groups excluding carboxylic acids is 3. The number of carbonyl (C=O) groups is 3. The quantitative estimate of drug-likeness (QED) is 0.0937. The Morgan fingerprint density at radius 3 is 2.06 bits per heavy atom. The summed E-state index contributed by atoms with van der Waals surface area (Å²) in [4.78, 5) is 36.9. The topological polar surface area (TPSA) is 212 Å². The van der Waals surface area contributed by atoms with Crippen molar-refractivity contribution in [3.63, 3.8) is 0 Å². The van der Waals surface area contributed by atoms with E-state index in [4.69, 9.17) is 23.8 Å². The Kier molecular flexibility index (Phi) is 15.3. The van der Waals surface area contributed by atoms with Crippen molar-refractivity contribution in [2.24, 2.45) is 5.73 Å². The van der Waals surface area contributed by atoms with Crippen LogP contribution in [0.2, 0.25) is 0 Å². The summed E-state index contributed by atoms with van der Waals surface area (Å²) >= 11 is 4.94. The molecule has 197 valence electrons. The van der Waals surface area contributed by atoms with Gasteiger partial charge < -0.3 is 55.4 Å². The van der Waals surface area contributed by atoms with Crippen LogP contribution in [-0.2, 0) is 65.8 Å². The minimum atomic E-state index is -1.13. The number of rotatable bonds is 12. The predicted octanol–water partition coefficient (Wildman–Crippen LogP) is -2.28. The Morgan fingerprint density at radius 2 is 1.50 bits per heavy atom. The maximum Gasteiger partial charge on any atom is 0.241 e. The van der Waals surface area contributed by atoms with Gasteiger partial charge in [-0.05, 0) is 29.9 Å². The van der Waals surface area contributed by atoms with E-state index < -0.39 is 48.3 Å². The second kappa shape index (κ2) is 16.7. The van der Waals surface area contributed by atoms with Gasteiger partial charge in [0.15, 0.2) is 0 Å². The molecule has 0 fully saturated rings. The smallest absolute Gasteiger partial charge is 0.241 e. The Hall–Kier alpha value is -2.95. The van der Waals surface area contributed by atoms with Gasteiger partial charge in [-0.15, -0.1) is 11.5 Å². The zero-order valence-electron chi connectivity index (χ0n) is 19.1. The fourth-order valence-corrected chi connectivity index (χ4v) is 3.27. The fourth-order valence-electron chi connectivity index (χ4n) is 3.03. The third-order valence-corrected chi connectivity index (χ3v) is 5.21. The molecular formula is C23H26N5O6ReS-5. The van der Waals surface area contributed by atoms with Gasteiger partial charge in [0.2, 0.25) is 17.7 Å². The zero-order valence-corrected chi connectivity index (χ0v) is 22.6. The van der Waals surface area contributed by atoms with Crippen LogP contribution in [0.3, 0.4) is 0 Å². The van der Waals surface area contributed by atoms with Crippen LogP contribution in [-0.4, -0.2) is 54.0 Å². The van der Waals surface area contributed by atoms with Crippen LogP contribution in [0.25, 0.3) is 0 Å². The molecule has 0 aliphatic heterocycles. The summed E-state index contributed by atoms with van der Waals surface area (Å²) in [5, 5.41) is 37.5. The number of hydrogen-bond acceptors (Lipinski definition) is 8. The molecule has 3 amide bonds. The van der Waals surface area contributed by atoms with Gasteiger partial charge in [-0.1, -0.05) is 54.6 Å². The normalized spacial score (nSPS) is 12.5. The third kappa shape index (κ3) is 11.2. The van der Waals surface area contributed by atoms with E-state index in [-0.39, 0.29) is 50.2 Å². The second-order valence-electron chi connectivity index (χ2n) is 7.57. The Balaban J connectivity index is 0.00000612. The van der Waals surface area contributed by atoms with Gasteiger partial charge in [0.1, 0.15) is 0 Å². The first-order valence-corrected chi connectivity index (χ1v) is 11.0. The monoisotopic (exact) mass is 687 g/mol. The summed E-state index contributed by atoms with van der Waals surface area (Å²) in [5.41, 5.74) is 7.30. The van der Waals surface area contributed by atoms with Crippen LogP contribution >= 0.6 is 0 Å². The van der Waals surface area contributed by atoms with Crippen molar-refractivity contribution in [2.45, 2.75) is 31.0 Å². The van der Waals surface area contributed by atoms with Crippen molar-refractivity contribution < 1.29 is 50.5 Å². The summed E-state index contributed by atoms with van der Waals surface area (Å²) in [6.07, 6.45) is 0.299. The molecule has 2 aromatic carbocycles. The molecule has 0 saturated carbocycles. The summed E-state index contributed by atoms with van der Waals surface area (Å²) in [5.74, 6) is -3.25. The van der Waals surface area contributed by atoms with Crippen LogP contribution in [0, 0.1) is 5.41 Å². The Bertz CT molecular complexity index is 996. The Labute approximate surface area is 228 Å². The molecule has 0 aliphatic carbocycles. The number of hydrogen-bond donors (Lipinski definition) is 5. The third-order valence-electron chi connectivity index (χ3n) is 4.87. The minimum Gasteiger partial charge on any atom is -2.00 e. The molecule has 0 saturated heterocycles. The molecule has 2 aromatic rings. The standard InChI is InChI=1S/C23H29N5O5S.O.Re/c24-17(10-15-6-8-16(29)9-7-15)22(32)26-12-20(30)27-19(13-34)23(33)28-18(21(25)31)11-14-4-2-1-3-5-14;;/h1-9,17-19,29,34H,10-13,24H2,(H2,25,31)(H,26,32)(H,27,30)(H,28,33);;/q;-2;/p-3/t17-,18-,19-;;/m0../s1. The van der Waals surface area contributed by atoms with Crippen LogP contribution < -0.4 is 31.9 Å². The van der Waals surface area contributed by atoms with Crippen molar-refractivity contribution in [1.82, 2.24) is 16.0 Å². The van der Waals surface area contributed by atoms with Gasteiger partial charge in [-0.2, -0.15) is 0 Å². The van der Waals surface area contributed by atoms with Gasteiger partial charge in [0, 0.05) is 20.4 Å². The Morgan fingerprint density at radius 1 is 0.917 bits per heavy atom. The van der Waals surface area contributed by atoms with Crippen LogP contribution in [0.4, 0.5) is 0 Å². The minimum absolute atomic E-state index is 0. The molecule has 0 bridgehead atoms. The van der Waals surface area contributed by atoms with Crippen LogP contribution in [0.1, 0.15) is 11.1 Å². The van der Waals surface area contributed by atoms with Crippen molar-refractivity contribution >= 4 is 36.2 Å². The first-order valence-electron chi connectivity index (χ1n) is 10.5. The van der Waals surface area contributed by atoms with Crippen molar-refractivity contribution in [1.29, 1.82) is 5.41 Å². The van der Waals surface area contributed by atoms with E-state index in [2.05, 4.69) is 16.0 Å². The van der Waals surface area contributed by atoms with Gasteiger partial charge in [0.05, 0.1) is 24.7 Å². The molecule has 13 heteroatoms. The number of amides is 3. The largest absolute Gasteiger partial charge is 2.00 e.